The molecule has 0 atom stereocenters. The number of ether oxygens (including phenoxy) is 1. The van der Waals surface area contributed by atoms with Gasteiger partial charge in [-0.3, -0.25) is 5.32 Å². The molecule has 29 heavy (non-hydrogen) atoms. The van der Waals surface area contributed by atoms with Crippen LogP contribution in [0.2, 0.25) is 0 Å². The first-order valence-electron chi connectivity index (χ1n) is 9.14. The van der Waals surface area contributed by atoms with Gasteiger partial charge in [-0.2, -0.15) is 0 Å². The molecule has 7 heteroatoms. The Morgan fingerprint density at radius 1 is 0.793 bits per heavy atom. The number of benzene rings is 3. The molecule has 0 aliphatic rings. The van der Waals surface area contributed by atoms with E-state index in [-0.39, 0.29) is 11.5 Å². The number of anilines is 1. The van der Waals surface area contributed by atoms with Crippen LogP contribution in [-0.2, 0) is 27.8 Å². The zero-order chi connectivity index (χ0) is 20.5. The van der Waals surface area contributed by atoms with Crippen molar-refractivity contribution in [2.75, 3.05) is 11.9 Å². The van der Waals surface area contributed by atoms with Gasteiger partial charge in [0.2, 0.25) is 10.0 Å². The molecule has 0 aromatic heterocycles. The van der Waals surface area contributed by atoms with E-state index in [0.717, 1.165) is 11.1 Å². The molecular formula is C22H22N2O4S. The molecule has 0 heterocycles. The second-order valence-electron chi connectivity index (χ2n) is 6.34. The van der Waals surface area contributed by atoms with Crippen LogP contribution in [0.5, 0.6) is 0 Å². The van der Waals surface area contributed by atoms with Crippen LogP contribution in [0.25, 0.3) is 0 Å². The van der Waals surface area contributed by atoms with E-state index in [0.29, 0.717) is 18.7 Å². The maximum Gasteiger partial charge on any atom is 0.411 e. The highest BCUT2D eigenvalue weighted by Crippen LogP contribution is 2.14. The first-order valence-corrected chi connectivity index (χ1v) is 10.6. The molecule has 0 radical (unpaired) electrons. The zero-order valence-electron chi connectivity index (χ0n) is 15.7. The van der Waals surface area contributed by atoms with Crippen LogP contribution < -0.4 is 10.0 Å². The Bertz CT molecular complexity index is 1020. The lowest BCUT2D eigenvalue weighted by Gasteiger charge is -2.09. The Morgan fingerprint density at radius 3 is 2.00 bits per heavy atom. The molecule has 0 saturated heterocycles. The smallest absolute Gasteiger partial charge is 0.411 e. The number of nitrogens with one attached hydrogen (secondary N) is 2. The van der Waals surface area contributed by atoms with Crippen molar-refractivity contribution in [3.05, 3.63) is 96.1 Å². The number of carbonyl (C=O) groups is 1. The summed E-state index contributed by atoms with van der Waals surface area (Å²) in [6.07, 6.45) is -0.00194. The molecule has 3 aromatic rings. The third-order valence-corrected chi connectivity index (χ3v) is 5.65. The van der Waals surface area contributed by atoms with Crippen LogP contribution in [0.3, 0.4) is 0 Å². The fourth-order valence-electron chi connectivity index (χ4n) is 2.65. The summed E-state index contributed by atoms with van der Waals surface area (Å²) in [5, 5.41) is 2.58. The Morgan fingerprint density at radius 2 is 1.38 bits per heavy atom. The highest BCUT2D eigenvalue weighted by molar-refractivity contribution is 7.89. The monoisotopic (exact) mass is 410 g/mol. The van der Waals surface area contributed by atoms with Gasteiger partial charge in [0.15, 0.2) is 0 Å². The van der Waals surface area contributed by atoms with Crippen LogP contribution in [0.4, 0.5) is 10.5 Å². The van der Waals surface area contributed by atoms with Crippen LogP contribution in [0.1, 0.15) is 11.1 Å². The van der Waals surface area contributed by atoms with Crippen molar-refractivity contribution in [1.82, 2.24) is 4.72 Å². The number of sulfonamides is 1. The molecule has 0 fully saturated rings. The molecule has 2 N–H and O–H groups in total. The van der Waals surface area contributed by atoms with Gasteiger partial charge in [-0.05, 0) is 41.8 Å². The van der Waals surface area contributed by atoms with E-state index in [2.05, 4.69) is 10.0 Å². The van der Waals surface area contributed by atoms with Crippen LogP contribution in [0.15, 0.2) is 89.8 Å². The van der Waals surface area contributed by atoms with Crippen molar-refractivity contribution in [3.8, 4) is 0 Å². The Kier molecular flexibility index (Phi) is 6.99. The predicted octanol–water partition coefficient (Wildman–Crippen LogP) is 3.96. The van der Waals surface area contributed by atoms with E-state index in [1.54, 1.807) is 0 Å². The SMILES string of the molecule is O=C(Nc1ccc(S(=O)(=O)NCCc2ccccc2)cc1)OCc1ccccc1. The number of amides is 1. The van der Waals surface area contributed by atoms with Gasteiger partial charge in [-0.1, -0.05) is 60.7 Å². The highest BCUT2D eigenvalue weighted by Gasteiger charge is 2.13. The quantitative estimate of drug-likeness (QED) is 0.589. The van der Waals surface area contributed by atoms with E-state index in [1.807, 2.05) is 60.7 Å². The molecule has 0 aliphatic heterocycles. The molecule has 150 valence electrons. The van der Waals surface area contributed by atoms with Crippen molar-refractivity contribution < 1.29 is 17.9 Å². The van der Waals surface area contributed by atoms with E-state index in [9.17, 15) is 13.2 Å². The molecule has 3 rings (SSSR count). The summed E-state index contributed by atoms with van der Waals surface area (Å²) in [5.41, 5.74) is 2.39. The van der Waals surface area contributed by atoms with Crippen molar-refractivity contribution in [1.29, 1.82) is 0 Å². The summed E-state index contributed by atoms with van der Waals surface area (Å²) < 4.78 is 32.5. The number of carbonyl (C=O) groups excluding carboxylic acids is 1. The molecule has 0 bridgehead atoms. The minimum atomic E-state index is -3.62. The fraction of sp³-hybridized carbons (Fsp3) is 0.136. The average Bonchev–Trinajstić information content (AvgIpc) is 2.74. The van der Waals surface area contributed by atoms with Crippen LogP contribution in [-0.4, -0.2) is 21.1 Å². The van der Waals surface area contributed by atoms with E-state index >= 15 is 0 Å². The number of rotatable bonds is 8. The van der Waals surface area contributed by atoms with Gasteiger partial charge in [0, 0.05) is 12.2 Å². The minimum absolute atomic E-state index is 0.133. The van der Waals surface area contributed by atoms with Crippen molar-refractivity contribution >= 4 is 21.8 Å². The third kappa shape index (κ3) is 6.44. The van der Waals surface area contributed by atoms with Crippen LogP contribution in [0, 0.1) is 0 Å². The topological polar surface area (TPSA) is 84.5 Å². The lowest BCUT2D eigenvalue weighted by molar-refractivity contribution is 0.155. The zero-order valence-corrected chi connectivity index (χ0v) is 16.6. The summed E-state index contributed by atoms with van der Waals surface area (Å²) in [5.74, 6) is 0. The molecule has 1 amide bonds. The minimum Gasteiger partial charge on any atom is -0.444 e. The normalized spacial score (nSPS) is 11.0. The molecule has 0 saturated carbocycles. The first-order chi connectivity index (χ1) is 14.0. The van der Waals surface area contributed by atoms with Crippen molar-refractivity contribution in [3.63, 3.8) is 0 Å². The van der Waals surface area contributed by atoms with Crippen LogP contribution >= 0.6 is 0 Å². The second-order valence-corrected chi connectivity index (χ2v) is 8.11. The molecule has 6 nitrogen and oxygen atoms in total. The summed E-state index contributed by atoms with van der Waals surface area (Å²) in [4.78, 5) is 12.0. The number of hydrogen-bond acceptors (Lipinski definition) is 4. The Balaban J connectivity index is 1.49. The summed E-state index contributed by atoms with van der Waals surface area (Å²) in [7, 11) is -3.62. The maximum absolute atomic E-state index is 12.4. The molecule has 0 unspecified atom stereocenters. The molecule has 0 spiro atoms. The maximum atomic E-state index is 12.4. The number of hydrogen-bond donors (Lipinski definition) is 2. The van der Waals surface area contributed by atoms with Gasteiger partial charge >= 0.3 is 6.09 Å². The van der Waals surface area contributed by atoms with Gasteiger partial charge in [0.25, 0.3) is 0 Å². The van der Waals surface area contributed by atoms with Gasteiger partial charge in [0.05, 0.1) is 4.90 Å². The highest BCUT2D eigenvalue weighted by atomic mass is 32.2. The second kappa shape index (κ2) is 9.86. The molecule has 0 aliphatic carbocycles. The third-order valence-electron chi connectivity index (χ3n) is 4.17. The van der Waals surface area contributed by atoms with E-state index in [1.165, 1.54) is 24.3 Å². The Labute approximate surface area is 170 Å². The van der Waals surface area contributed by atoms with Crippen molar-refractivity contribution in [2.24, 2.45) is 0 Å². The van der Waals surface area contributed by atoms with Crippen molar-refractivity contribution in [2.45, 2.75) is 17.9 Å². The average molecular weight is 410 g/mol. The van der Waals surface area contributed by atoms with Gasteiger partial charge in [-0.15, -0.1) is 0 Å². The van der Waals surface area contributed by atoms with E-state index < -0.39 is 16.1 Å². The summed E-state index contributed by atoms with van der Waals surface area (Å²) >= 11 is 0. The largest absolute Gasteiger partial charge is 0.444 e. The van der Waals surface area contributed by atoms with E-state index in [4.69, 9.17) is 4.74 Å². The lowest BCUT2D eigenvalue weighted by Crippen LogP contribution is -2.26. The first kappa shape index (κ1) is 20.6. The lowest BCUT2D eigenvalue weighted by atomic mass is 10.2. The summed E-state index contributed by atoms with van der Waals surface area (Å²) in [6.45, 7) is 0.461. The van der Waals surface area contributed by atoms with Gasteiger partial charge in [-0.25, -0.2) is 17.9 Å². The fourth-order valence-corrected chi connectivity index (χ4v) is 3.68. The Hall–Kier alpha value is -3.16. The summed E-state index contributed by atoms with van der Waals surface area (Å²) in [6, 6.07) is 24.9. The molecule has 3 aromatic carbocycles. The standard InChI is InChI=1S/C22H22N2O4S/c25-22(28-17-19-9-5-2-6-10-19)24-20-11-13-21(14-12-20)29(26,27)23-16-15-18-7-3-1-4-8-18/h1-14,23H,15-17H2,(H,24,25). The predicted molar refractivity (Wildman–Crippen MR) is 112 cm³/mol. The van der Waals surface area contributed by atoms with Gasteiger partial charge < -0.3 is 4.74 Å². The van der Waals surface area contributed by atoms with Gasteiger partial charge in [0.1, 0.15) is 6.61 Å². The molecular weight excluding hydrogens is 388 g/mol.